The molecule has 0 aromatic heterocycles. The molecule has 0 heterocycles. The van der Waals surface area contributed by atoms with Crippen LogP contribution in [0.25, 0.3) is 0 Å². The van der Waals surface area contributed by atoms with E-state index in [-0.39, 0.29) is 5.97 Å². The van der Waals surface area contributed by atoms with Gasteiger partial charge in [-0.3, -0.25) is 0 Å². The molecule has 0 atom stereocenters. The van der Waals surface area contributed by atoms with Gasteiger partial charge in [0, 0.05) is 19.8 Å². The molecule has 5 heteroatoms. The topological polar surface area (TPSA) is 29.5 Å². The predicted molar refractivity (Wildman–Crippen MR) is 117 cm³/mol. The highest BCUT2D eigenvalue weighted by atomic mass is 29.3. The summed E-state index contributed by atoms with van der Waals surface area (Å²) in [6, 6.07) is 17.2. The third kappa shape index (κ3) is 3.94. The Hall–Kier alpha value is -1.86. The summed E-state index contributed by atoms with van der Waals surface area (Å²) >= 11 is 0. The van der Waals surface area contributed by atoms with Crippen molar-refractivity contribution in [1.82, 2.24) is 0 Å². The zero-order chi connectivity index (χ0) is 19.5. The van der Waals surface area contributed by atoms with Gasteiger partial charge >= 0.3 is 5.97 Å². The Bertz CT molecular complexity index is 751. The molecule has 2 rings (SSSR count). The number of esters is 1. The van der Waals surface area contributed by atoms with Crippen LogP contribution in [-0.4, -0.2) is 41.9 Å². The molecule has 0 aliphatic heterocycles. The van der Waals surface area contributed by atoms with Gasteiger partial charge < -0.3 is 9.64 Å². The summed E-state index contributed by atoms with van der Waals surface area (Å²) in [7, 11) is 0.785. The molecule has 0 saturated carbocycles. The van der Waals surface area contributed by atoms with Crippen LogP contribution in [0.15, 0.2) is 48.5 Å². The van der Waals surface area contributed by atoms with E-state index in [4.69, 9.17) is 4.74 Å². The lowest BCUT2D eigenvalue weighted by molar-refractivity contribution is 0.0526. The fraction of sp³-hybridized carbons (Fsp3) is 0.381. The van der Waals surface area contributed by atoms with Crippen LogP contribution >= 0.6 is 0 Å². The second-order valence-electron chi connectivity index (χ2n) is 7.99. The molecular formula is C21H31NO2Si2. The lowest BCUT2D eigenvalue weighted by atomic mass is 10.2. The summed E-state index contributed by atoms with van der Waals surface area (Å²) in [5.74, 6) is -0.241. The van der Waals surface area contributed by atoms with Crippen LogP contribution in [0, 0.1) is 0 Å². The molecular weight excluding hydrogens is 354 g/mol. The minimum absolute atomic E-state index is 0.241. The quantitative estimate of drug-likeness (QED) is 0.563. The molecule has 0 N–H and O–H groups in total. The minimum Gasteiger partial charge on any atom is -0.462 e. The van der Waals surface area contributed by atoms with Crippen LogP contribution in [-0.2, 0) is 4.74 Å². The van der Waals surface area contributed by atoms with Crippen molar-refractivity contribution in [3.05, 3.63) is 54.1 Å². The molecule has 0 saturated heterocycles. The summed E-state index contributed by atoms with van der Waals surface area (Å²) in [6.45, 7) is 12.1. The van der Waals surface area contributed by atoms with Crippen LogP contribution in [0.3, 0.4) is 0 Å². The summed E-state index contributed by atoms with van der Waals surface area (Å²) in [6.07, 6.45) is 0. The average molecular weight is 386 g/mol. The zero-order valence-corrected chi connectivity index (χ0v) is 19.1. The van der Waals surface area contributed by atoms with Crippen LogP contribution < -0.4 is 15.3 Å². The van der Waals surface area contributed by atoms with E-state index in [1.54, 1.807) is 0 Å². The molecule has 0 radical (unpaired) electrons. The van der Waals surface area contributed by atoms with Gasteiger partial charge in [-0.2, -0.15) is 0 Å². The first-order valence-corrected chi connectivity index (χ1v) is 16.2. The lowest BCUT2D eigenvalue weighted by Gasteiger charge is -2.39. The maximum absolute atomic E-state index is 11.9. The van der Waals surface area contributed by atoms with Gasteiger partial charge in [0.1, 0.15) is 0 Å². The molecule has 0 spiro atoms. The van der Waals surface area contributed by atoms with Gasteiger partial charge in [0.25, 0.3) is 0 Å². The number of nitrogens with zero attached hydrogens (tertiary/aromatic N) is 1. The first kappa shape index (κ1) is 20.5. The van der Waals surface area contributed by atoms with E-state index in [1.165, 1.54) is 16.1 Å². The second kappa shape index (κ2) is 7.80. The SMILES string of the molecule is CCOC(=O)c1ccc([Si](C)(C)[Si](C)(C)c2ccc(N(C)C)cc2)cc1. The highest BCUT2D eigenvalue weighted by Gasteiger charge is 2.43. The van der Waals surface area contributed by atoms with Crippen LogP contribution in [0.5, 0.6) is 0 Å². The molecule has 26 heavy (non-hydrogen) atoms. The highest BCUT2D eigenvalue weighted by molar-refractivity contribution is 7.49. The van der Waals surface area contributed by atoms with Crippen molar-refractivity contribution in [2.45, 2.75) is 33.1 Å². The molecule has 0 fully saturated rings. The lowest BCUT2D eigenvalue weighted by Crippen LogP contribution is -2.69. The Kier molecular flexibility index (Phi) is 6.14. The minimum atomic E-state index is -1.70. The number of hydrogen-bond acceptors (Lipinski definition) is 3. The summed E-state index contributed by atoms with van der Waals surface area (Å²) in [5.41, 5.74) is 1.87. The number of ether oxygens (including phenoxy) is 1. The normalized spacial score (nSPS) is 12.0. The number of hydrogen-bond donors (Lipinski definition) is 0. The third-order valence-electron chi connectivity index (χ3n) is 5.79. The van der Waals surface area contributed by atoms with Crippen molar-refractivity contribution in [3.8, 4) is 0 Å². The van der Waals surface area contributed by atoms with E-state index in [0.29, 0.717) is 12.2 Å². The summed E-state index contributed by atoms with van der Waals surface area (Å²) < 4.78 is 5.10. The van der Waals surface area contributed by atoms with Gasteiger partial charge in [-0.1, -0.05) is 60.8 Å². The molecule has 0 amide bonds. The number of benzene rings is 2. The van der Waals surface area contributed by atoms with Crippen molar-refractivity contribution in [2.24, 2.45) is 0 Å². The molecule has 2 aromatic carbocycles. The van der Waals surface area contributed by atoms with Gasteiger partial charge in [-0.15, -0.1) is 0 Å². The van der Waals surface area contributed by atoms with E-state index in [9.17, 15) is 4.79 Å². The molecule has 140 valence electrons. The van der Waals surface area contributed by atoms with Gasteiger partial charge in [-0.05, 0) is 31.2 Å². The van der Waals surface area contributed by atoms with E-state index in [2.05, 4.69) is 81.6 Å². The number of carbonyl (C=O) groups excluding carboxylic acids is 1. The molecule has 0 bridgehead atoms. The van der Waals surface area contributed by atoms with Crippen LogP contribution in [0.4, 0.5) is 5.69 Å². The second-order valence-corrected chi connectivity index (χ2v) is 23.1. The van der Waals surface area contributed by atoms with Crippen LogP contribution in [0.2, 0.25) is 26.2 Å². The van der Waals surface area contributed by atoms with Gasteiger partial charge in [0.2, 0.25) is 0 Å². The molecule has 0 aliphatic rings. The first-order chi connectivity index (χ1) is 12.1. The standard InChI is InChI=1S/C21H31NO2Si2/c1-8-24-21(23)17-9-13-19(14-10-17)25(4,5)26(6,7)20-15-11-18(12-16-20)22(2)3/h9-16H,8H2,1-7H3. The predicted octanol–water partition coefficient (Wildman–Crippen LogP) is 3.54. The van der Waals surface area contributed by atoms with E-state index < -0.39 is 15.2 Å². The fourth-order valence-electron chi connectivity index (χ4n) is 3.14. The largest absolute Gasteiger partial charge is 0.462 e. The van der Waals surface area contributed by atoms with Gasteiger partial charge in [0.15, 0.2) is 0 Å². The number of carbonyl (C=O) groups is 1. The smallest absolute Gasteiger partial charge is 0.338 e. The highest BCUT2D eigenvalue weighted by Crippen LogP contribution is 2.21. The Morgan fingerprint density at radius 2 is 1.27 bits per heavy atom. The van der Waals surface area contributed by atoms with Crippen molar-refractivity contribution in [1.29, 1.82) is 0 Å². The van der Waals surface area contributed by atoms with Crippen molar-refractivity contribution < 1.29 is 9.53 Å². The van der Waals surface area contributed by atoms with Gasteiger partial charge in [-0.25, -0.2) is 4.79 Å². The van der Waals surface area contributed by atoms with Crippen molar-refractivity contribution in [3.63, 3.8) is 0 Å². The van der Waals surface area contributed by atoms with E-state index >= 15 is 0 Å². The zero-order valence-electron chi connectivity index (χ0n) is 17.1. The van der Waals surface area contributed by atoms with Gasteiger partial charge in [0.05, 0.1) is 27.4 Å². The Morgan fingerprint density at radius 1 is 0.846 bits per heavy atom. The monoisotopic (exact) mass is 385 g/mol. The van der Waals surface area contributed by atoms with Crippen molar-refractivity contribution >= 4 is 37.2 Å². The Morgan fingerprint density at radius 3 is 1.65 bits per heavy atom. The molecule has 3 nitrogen and oxygen atoms in total. The maximum atomic E-state index is 11.9. The third-order valence-corrected chi connectivity index (χ3v) is 23.6. The van der Waals surface area contributed by atoms with Crippen LogP contribution in [0.1, 0.15) is 17.3 Å². The number of anilines is 1. The Balaban J connectivity index is 2.33. The summed E-state index contributed by atoms with van der Waals surface area (Å²) in [4.78, 5) is 14.0. The maximum Gasteiger partial charge on any atom is 0.338 e. The van der Waals surface area contributed by atoms with E-state index in [0.717, 1.165) is 0 Å². The first-order valence-electron chi connectivity index (χ1n) is 9.16. The van der Waals surface area contributed by atoms with Crippen molar-refractivity contribution in [2.75, 3.05) is 25.6 Å². The fourth-order valence-corrected chi connectivity index (χ4v) is 11.9. The Labute approximate surface area is 159 Å². The molecule has 2 aromatic rings. The van der Waals surface area contributed by atoms with E-state index in [1.807, 2.05) is 19.1 Å². The molecule has 0 unspecified atom stereocenters. The summed E-state index contributed by atoms with van der Waals surface area (Å²) in [5, 5.41) is 2.90. The number of rotatable bonds is 6. The molecule has 0 aliphatic carbocycles. The average Bonchev–Trinajstić information content (AvgIpc) is 2.62.